The summed E-state index contributed by atoms with van der Waals surface area (Å²) in [5.74, 6) is 0. The zero-order chi connectivity index (χ0) is 16.2. The summed E-state index contributed by atoms with van der Waals surface area (Å²) in [7, 11) is 0. The number of hydrogen-bond donors (Lipinski definition) is 1. The fourth-order valence-corrected chi connectivity index (χ4v) is 4.11. The number of amides is 2. The zero-order valence-corrected chi connectivity index (χ0v) is 14.8. The fraction of sp³-hybridized carbons (Fsp3) is 0.389. The molecule has 1 aliphatic heterocycles. The van der Waals surface area contributed by atoms with Crippen LogP contribution in [0, 0.1) is 6.92 Å². The molecule has 0 spiro atoms. The number of nitrogens with one attached hydrogen (secondary N) is 1. The van der Waals surface area contributed by atoms with Gasteiger partial charge in [-0.2, -0.15) is 0 Å². The molecule has 5 heteroatoms. The summed E-state index contributed by atoms with van der Waals surface area (Å²) < 4.78 is 0. The summed E-state index contributed by atoms with van der Waals surface area (Å²) in [6, 6.07) is 9.94. The van der Waals surface area contributed by atoms with Crippen molar-refractivity contribution in [1.29, 1.82) is 0 Å². The van der Waals surface area contributed by atoms with Crippen molar-refractivity contribution in [1.82, 2.24) is 4.90 Å². The SMILES string of the molecule is Cc1c(Cl)cccc1NC(=O)N1CCCCC[C@@H]1c1cccs1. The van der Waals surface area contributed by atoms with Crippen LogP contribution >= 0.6 is 22.9 Å². The molecule has 1 fully saturated rings. The van der Waals surface area contributed by atoms with E-state index < -0.39 is 0 Å². The quantitative estimate of drug-likeness (QED) is 0.724. The molecule has 2 amide bonds. The van der Waals surface area contributed by atoms with Crippen molar-refractivity contribution in [2.24, 2.45) is 0 Å². The Bertz CT molecular complexity index is 672. The highest BCUT2D eigenvalue weighted by molar-refractivity contribution is 7.10. The number of rotatable bonds is 2. The summed E-state index contributed by atoms with van der Waals surface area (Å²) in [5.41, 5.74) is 1.70. The molecule has 1 saturated heterocycles. The predicted molar refractivity (Wildman–Crippen MR) is 97.4 cm³/mol. The molecule has 1 N–H and O–H groups in total. The van der Waals surface area contributed by atoms with Gasteiger partial charge in [-0.15, -0.1) is 11.3 Å². The third-order valence-electron chi connectivity index (χ3n) is 4.39. The topological polar surface area (TPSA) is 32.3 Å². The van der Waals surface area contributed by atoms with Crippen molar-refractivity contribution in [2.75, 3.05) is 11.9 Å². The first-order valence-electron chi connectivity index (χ1n) is 8.03. The van der Waals surface area contributed by atoms with Gasteiger partial charge in [0, 0.05) is 22.1 Å². The predicted octanol–water partition coefficient (Wildman–Crippen LogP) is 5.86. The first-order chi connectivity index (χ1) is 11.2. The normalized spacial score (nSPS) is 18.5. The van der Waals surface area contributed by atoms with E-state index in [1.807, 2.05) is 30.0 Å². The molecule has 23 heavy (non-hydrogen) atoms. The second-order valence-electron chi connectivity index (χ2n) is 5.92. The monoisotopic (exact) mass is 348 g/mol. The van der Waals surface area contributed by atoms with E-state index in [9.17, 15) is 4.79 Å². The molecule has 3 nitrogen and oxygen atoms in total. The van der Waals surface area contributed by atoms with Gasteiger partial charge in [0.2, 0.25) is 0 Å². The van der Waals surface area contributed by atoms with Crippen LogP contribution < -0.4 is 5.32 Å². The zero-order valence-electron chi connectivity index (χ0n) is 13.2. The van der Waals surface area contributed by atoms with Gasteiger partial charge in [0.15, 0.2) is 0 Å². The van der Waals surface area contributed by atoms with Crippen molar-refractivity contribution < 1.29 is 4.79 Å². The molecule has 122 valence electrons. The second kappa shape index (κ2) is 7.37. The molecule has 0 radical (unpaired) electrons. The number of carbonyl (C=O) groups is 1. The second-order valence-corrected chi connectivity index (χ2v) is 7.30. The van der Waals surface area contributed by atoms with Crippen molar-refractivity contribution in [3.05, 3.63) is 51.2 Å². The highest BCUT2D eigenvalue weighted by Crippen LogP contribution is 2.33. The Balaban J connectivity index is 1.82. The number of halogens is 1. The highest BCUT2D eigenvalue weighted by atomic mass is 35.5. The van der Waals surface area contributed by atoms with E-state index in [0.29, 0.717) is 5.02 Å². The van der Waals surface area contributed by atoms with Crippen LogP contribution in [-0.2, 0) is 0 Å². The van der Waals surface area contributed by atoms with Gasteiger partial charge < -0.3 is 10.2 Å². The van der Waals surface area contributed by atoms with Crippen LogP contribution in [0.5, 0.6) is 0 Å². The number of nitrogens with zero attached hydrogens (tertiary/aromatic N) is 1. The van der Waals surface area contributed by atoms with Crippen molar-refractivity contribution in [2.45, 2.75) is 38.6 Å². The molecule has 0 aliphatic carbocycles. The number of anilines is 1. The highest BCUT2D eigenvalue weighted by Gasteiger charge is 2.27. The first-order valence-corrected chi connectivity index (χ1v) is 9.28. The van der Waals surface area contributed by atoms with Gasteiger partial charge >= 0.3 is 6.03 Å². The number of carbonyl (C=O) groups excluding carboxylic acids is 1. The molecule has 1 aromatic heterocycles. The molecule has 0 unspecified atom stereocenters. The maximum Gasteiger partial charge on any atom is 0.322 e. The standard InChI is InChI=1S/C18H21ClN2OS/c1-13-14(19)7-5-8-15(13)20-18(22)21-11-4-2-3-9-16(21)17-10-6-12-23-17/h5-8,10,12,16H,2-4,9,11H2,1H3,(H,20,22)/t16-/m1/s1. The maximum atomic E-state index is 12.9. The minimum Gasteiger partial charge on any atom is -0.317 e. The molecule has 2 heterocycles. The number of urea groups is 1. The van der Waals surface area contributed by atoms with Crippen molar-refractivity contribution in [3.8, 4) is 0 Å². The van der Waals surface area contributed by atoms with E-state index in [-0.39, 0.29) is 12.1 Å². The summed E-state index contributed by atoms with van der Waals surface area (Å²) in [5, 5.41) is 5.80. The molecule has 3 rings (SSSR count). The van der Waals surface area contributed by atoms with E-state index in [1.54, 1.807) is 11.3 Å². The Labute approximate surface area is 146 Å². The van der Waals surface area contributed by atoms with E-state index in [1.165, 1.54) is 17.7 Å². The number of benzene rings is 1. The van der Waals surface area contributed by atoms with Crippen LogP contribution in [0.25, 0.3) is 0 Å². The average molecular weight is 349 g/mol. The van der Waals surface area contributed by atoms with Gasteiger partial charge in [0.25, 0.3) is 0 Å². The minimum absolute atomic E-state index is 0.0318. The Morgan fingerprint density at radius 3 is 2.91 bits per heavy atom. The Morgan fingerprint density at radius 1 is 1.26 bits per heavy atom. The molecule has 1 aromatic carbocycles. The van der Waals surface area contributed by atoms with Gasteiger partial charge in [0.1, 0.15) is 0 Å². The summed E-state index contributed by atoms with van der Waals surface area (Å²) in [4.78, 5) is 16.1. The smallest absolute Gasteiger partial charge is 0.317 e. The molecule has 2 aromatic rings. The molecular weight excluding hydrogens is 328 g/mol. The summed E-state index contributed by atoms with van der Waals surface area (Å²) in [6.45, 7) is 2.73. The lowest BCUT2D eigenvalue weighted by atomic mass is 10.1. The van der Waals surface area contributed by atoms with E-state index >= 15 is 0 Å². The minimum atomic E-state index is -0.0318. The van der Waals surface area contributed by atoms with Crippen LogP contribution in [0.15, 0.2) is 35.7 Å². The van der Waals surface area contributed by atoms with Crippen molar-refractivity contribution >= 4 is 34.7 Å². The van der Waals surface area contributed by atoms with Crippen LogP contribution in [0.3, 0.4) is 0 Å². The lowest BCUT2D eigenvalue weighted by Crippen LogP contribution is -2.37. The van der Waals surface area contributed by atoms with Crippen LogP contribution in [0.4, 0.5) is 10.5 Å². The summed E-state index contributed by atoms with van der Waals surface area (Å²) >= 11 is 7.88. The van der Waals surface area contributed by atoms with Crippen LogP contribution in [0.2, 0.25) is 5.02 Å². The Kier molecular flexibility index (Phi) is 5.23. The van der Waals surface area contributed by atoms with E-state index in [2.05, 4.69) is 22.8 Å². The fourth-order valence-electron chi connectivity index (χ4n) is 3.06. The van der Waals surface area contributed by atoms with Gasteiger partial charge in [-0.05, 0) is 48.9 Å². The third-order valence-corrected chi connectivity index (χ3v) is 5.78. The van der Waals surface area contributed by atoms with Gasteiger partial charge in [-0.25, -0.2) is 4.79 Å². The van der Waals surface area contributed by atoms with Crippen LogP contribution in [-0.4, -0.2) is 17.5 Å². The average Bonchev–Trinajstić information content (AvgIpc) is 2.96. The number of thiophene rings is 1. The number of hydrogen-bond acceptors (Lipinski definition) is 2. The first kappa shape index (κ1) is 16.3. The van der Waals surface area contributed by atoms with E-state index in [4.69, 9.17) is 11.6 Å². The Morgan fingerprint density at radius 2 is 2.13 bits per heavy atom. The molecular formula is C18H21ClN2OS. The summed E-state index contributed by atoms with van der Waals surface area (Å²) in [6.07, 6.45) is 4.44. The van der Waals surface area contributed by atoms with Gasteiger partial charge in [-0.1, -0.05) is 36.6 Å². The molecule has 1 aliphatic rings. The largest absolute Gasteiger partial charge is 0.322 e. The maximum absolute atomic E-state index is 12.9. The van der Waals surface area contributed by atoms with Crippen molar-refractivity contribution in [3.63, 3.8) is 0 Å². The number of likely N-dealkylation sites (tertiary alicyclic amines) is 1. The Hall–Kier alpha value is -1.52. The lowest BCUT2D eigenvalue weighted by Gasteiger charge is -2.29. The molecule has 0 saturated carbocycles. The van der Waals surface area contributed by atoms with Crippen LogP contribution in [0.1, 0.15) is 42.2 Å². The molecule has 0 bridgehead atoms. The third kappa shape index (κ3) is 3.70. The van der Waals surface area contributed by atoms with E-state index in [0.717, 1.165) is 30.6 Å². The molecule has 1 atom stereocenters. The van der Waals surface area contributed by atoms with Gasteiger partial charge in [0.05, 0.1) is 6.04 Å². The van der Waals surface area contributed by atoms with Gasteiger partial charge in [-0.3, -0.25) is 0 Å². The lowest BCUT2D eigenvalue weighted by molar-refractivity contribution is 0.190.